The van der Waals surface area contributed by atoms with Gasteiger partial charge in [-0.05, 0) is 61.9 Å². The molecule has 0 radical (unpaired) electrons. The lowest BCUT2D eigenvalue weighted by Crippen LogP contribution is -2.63. The van der Waals surface area contributed by atoms with Gasteiger partial charge in [0.1, 0.15) is 11.5 Å². The minimum absolute atomic E-state index is 0.170. The predicted molar refractivity (Wildman–Crippen MR) is 119 cm³/mol. The highest BCUT2D eigenvalue weighted by Crippen LogP contribution is 2.48. The minimum Gasteiger partial charge on any atom is -0.497 e. The number of hydrogen-bond acceptors (Lipinski definition) is 5. The van der Waals surface area contributed by atoms with Gasteiger partial charge >= 0.3 is 0 Å². The zero-order valence-corrected chi connectivity index (χ0v) is 18.1. The van der Waals surface area contributed by atoms with E-state index in [1.807, 2.05) is 12.1 Å². The first-order valence-corrected chi connectivity index (χ1v) is 11.1. The molecule has 5 heteroatoms. The molecule has 0 amide bonds. The Bertz CT molecular complexity index is 945. The molecule has 1 N–H and O–H groups in total. The van der Waals surface area contributed by atoms with Gasteiger partial charge in [-0.3, -0.25) is 0 Å². The maximum atomic E-state index is 6.76. The lowest BCUT2D eigenvalue weighted by molar-refractivity contribution is -0.159. The number of rotatable bonds is 4. The van der Waals surface area contributed by atoms with Crippen LogP contribution in [0.1, 0.15) is 48.9 Å². The molecular weight excluding hydrogens is 374 g/mol. The van der Waals surface area contributed by atoms with Crippen molar-refractivity contribution < 1.29 is 9.47 Å². The van der Waals surface area contributed by atoms with Crippen LogP contribution in [-0.4, -0.2) is 42.4 Å². The standard InChI is InChI=1S/C25H31N3O2/c1-4-13-27-14-11-25(12-15-27)28-23(21-16-18(2)5-10-24(21)30-25)17-22(26-28)19-6-8-20(29-3)9-7-19/h5-10,16-17,23,26H,4,11-15H2,1-3H3/t23-/m0/s1. The van der Waals surface area contributed by atoms with Crippen LogP contribution >= 0.6 is 0 Å². The van der Waals surface area contributed by atoms with Crippen molar-refractivity contribution in [2.45, 2.75) is 44.9 Å². The molecule has 30 heavy (non-hydrogen) atoms. The van der Waals surface area contributed by atoms with Crippen molar-refractivity contribution in [3.63, 3.8) is 0 Å². The summed E-state index contributed by atoms with van der Waals surface area (Å²) in [6.07, 6.45) is 5.54. The van der Waals surface area contributed by atoms with E-state index in [1.165, 1.54) is 17.5 Å². The van der Waals surface area contributed by atoms with Crippen LogP contribution in [-0.2, 0) is 0 Å². The first-order chi connectivity index (χ1) is 14.6. The van der Waals surface area contributed by atoms with Crippen LogP contribution in [0.4, 0.5) is 0 Å². The van der Waals surface area contributed by atoms with Crippen LogP contribution < -0.4 is 14.9 Å². The molecule has 0 saturated carbocycles. The number of hydrazine groups is 1. The summed E-state index contributed by atoms with van der Waals surface area (Å²) in [7, 11) is 1.70. The molecule has 0 bridgehead atoms. The van der Waals surface area contributed by atoms with Crippen molar-refractivity contribution in [1.82, 2.24) is 15.3 Å². The highest BCUT2D eigenvalue weighted by atomic mass is 16.5. The first-order valence-electron chi connectivity index (χ1n) is 11.1. The number of fused-ring (bicyclic) bond motifs is 4. The van der Waals surface area contributed by atoms with Gasteiger partial charge in [-0.25, -0.2) is 0 Å². The summed E-state index contributed by atoms with van der Waals surface area (Å²) >= 11 is 0. The largest absolute Gasteiger partial charge is 0.497 e. The van der Waals surface area contributed by atoms with Gasteiger partial charge < -0.3 is 19.8 Å². The number of nitrogens with zero attached hydrogens (tertiary/aromatic N) is 2. The van der Waals surface area contributed by atoms with Crippen LogP contribution in [0.15, 0.2) is 48.5 Å². The number of likely N-dealkylation sites (tertiary alicyclic amines) is 1. The van der Waals surface area contributed by atoms with Gasteiger partial charge in [0.2, 0.25) is 0 Å². The minimum atomic E-state index is -0.318. The number of nitrogens with one attached hydrogen (secondary N) is 1. The van der Waals surface area contributed by atoms with E-state index in [9.17, 15) is 0 Å². The third-order valence-corrected chi connectivity index (χ3v) is 6.64. The molecule has 0 aromatic heterocycles. The Morgan fingerprint density at radius 3 is 2.60 bits per heavy atom. The molecule has 0 aliphatic carbocycles. The second-order valence-corrected chi connectivity index (χ2v) is 8.67. The summed E-state index contributed by atoms with van der Waals surface area (Å²) in [5, 5.41) is 2.37. The predicted octanol–water partition coefficient (Wildman–Crippen LogP) is 4.50. The fraction of sp³-hybridized carbons (Fsp3) is 0.440. The van der Waals surface area contributed by atoms with Crippen molar-refractivity contribution in [2.24, 2.45) is 0 Å². The Balaban J connectivity index is 1.50. The van der Waals surface area contributed by atoms with Gasteiger partial charge in [-0.2, -0.15) is 5.01 Å². The summed E-state index contributed by atoms with van der Waals surface area (Å²) in [4.78, 5) is 2.56. The monoisotopic (exact) mass is 405 g/mol. The van der Waals surface area contributed by atoms with E-state index in [0.29, 0.717) is 0 Å². The fourth-order valence-corrected chi connectivity index (χ4v) is 5.02. The normalized spacial score (nSPS) is 22.6. The van der Waals surface area contributed by atoms with Gasteiger partial charge in [0.05, 0.1) is 18.8 Å². The first kappa shape index (κ1) is 19.5. The number of piperidine rings is 1. The molecule has 0 unspecified atom stereocenters. The molecule has 1 fully saturated rings. The van der Waals surface area contributed by atoms with E-state index in [4.69, 9.17) is 9.47 Å². The van der Waals surface area contributed by atoms with E-state index in [0.717, 1.165) is 55.2 Å². The molecule has 5 rings (SSSR count). The molecule has 2 aromatic rings. The SMILES string of the molecule is CCCN1CCC2(CC1)Oc1ccc(C)cc1[C@@H]1C=C(c3ccc(OC)cc3)NN12. The lowest BCUT2D eigenvalue weighted by Gasteiger charge is -2.51. The van der Waals surface area contributed by atoms with Gasteiger partial charge in [-0.1, -0.05) is 24.6 Å². The number of ether oxygens (including phenoxy) is 2. The van der Waals surface area contributed by atoms with Crippen LogP contribution in [0, 0.1) is 6.92 Å². The summed E-state index contributed by atoms with van der Waals surface area (Å²) in [5.74, 6) is 1.90. The van der Waals surface area contributed by atoms with Crippen LogP contribution in [0.2, 0.25) is 0 Å². The fourth-order valence-electron chi connectivity index (χ4n) is 5.02. The summed E-state index contributed by atoms with van der Waals surface area (Å²) in [6, 6.07) is 15.0. The molecular formula is C25H31N3O2. The average molecular weight is 406 g/mol. The molecule has 3 aliphatic rings. The van der Waals surface area contributed by atoms with Gasteiger partial charge in [0.15, 0.2) is 5.72 Å². The molecule has 5 nitrogen and oxygen atoms in total. The maximum Gasteiger partial charge on any atom is 0.182 e. The van der Waals surface area contributed by atoms with E-state index in [2.05, 4.69) is 65.6 Å². The van der Waals surface area contributed by atoms with Crippen molar-refractivity contribution in [1.29, 1.82) is 0 Å². The second-order valence-electron chi connectivity index (χ2n) is 8.67. The number of aryl methyl sites for hydroxylation is 1. The van der Waals surface area contributed by atoms with Crippen molar-refractivity contribution in [2.75, 3.05) is 26.7 Å². The van der Waals surface area contributed by atoms with Crippen molar-refractivity contribution in [3.05, 3.63) is 65.2 Å². The van der Waals surface area contributed by atoms with Crippen molar-refractivity contribution in [3.8, 4) is 11.5 Å². The van der Waals surface area contributed by atoms with Gasteiger partial charge in [0, 0.05) is 31.5 Å². The summed E-state index contributed by atoms with van der Waals surface area (Å²) in [6.45, 7) is 7.70. The smallest absolute Gasteiger partial charge is 0.182 e. The number of methoxy groups -OCH3 is 1. The third-order valence-electron chi connectivity index (χ3n) is 6.64. The van der Waals surface area contributed by atoms with E-state index in [-0.39, 0.29) is 11.8 Å². The van der Waals surface area contributed by atoms with Crippen LogP contribution in [0.5, 0.6) is 11.5 Å². The average Bonchev–Trinajstić information content (AvgIpc) is 3.23. The van der Waals surface area contributed by atoms with Crippen LogP contribution in [0.3, 0.4) is 0 Å². The van der Waals surface area contributed by atoms with E-state index >= 15 is 0 Å². The Kier molecular flexibility index (Phi) is 4.95. The molecule has 1 atom stereocenters. The molecule has 1 saturated heterocycles. The third kappa shape index (κ3) is 3.26. The highest BCUT2D eigenvalue weighted by Gasteiger charge is 2.51. The Morgan fingerprint density at radius 1 is 1.13 bits per heavy atom. The van der Waals surface area contributed by atoms with E-state index in [1.54, 1.807) is 7.11 Å². The molecule has 3 aliphatic heterocycles. The molecule has 3 heterocycles. The maximum absolute atomic E-state index is 6.76. The zero-order chi connectivity index (χ0) is 20.7. The number of hydrogen-bond donors (Lipinski definition) is 1. The summed E-state index contributed by atoms with van der Waals surface area (Å²) < 4.78 is 12.1. The Labute approximate surface area is 179 Å². The molecule has 1 spiro atoms. The highest BCUT2D eigenvalue weighted by molar-refractivity contribution is 5.68. The van der Waals surface area contributed by atoms with Gasteiger partial charge in [-0.15, -0.1) is 0 Å². The molecule has 2 aromatic carbocycles. The lowest BCUT2D eigenvalue weighted by atomic mass is 9.92. The molecule has 158 valence electrons. The topological polar surface area (TPSA) is 37.0 Å². The second kappa shape index (κ2) is 7.64. The summed E-state index contributed by atoms with van der Waals surface area (Å²) in [5.41, 5.74) is 8.21. The van der Waals surface area contributed by atoms with Crippen molar-refractivity contribution >= 4 is 5.70 Å². The van der Waals surface area contributed by atoms with Crippen LogP contribution in [0.25, 0.3) is 5.70 Å². The van der Waals surface area contributed by atoms with E-state index < -0.39 is 0 Å². The Hall–Kier alpha value is -2.50. The zero-order valence-electron chi connectivity index (χ0n) is 18.1. The Morgan fingerprint density at radius 2 is 1.90 bits per heavy atom. The van der Waals surface area contributed by atoms with Gasteiger partial charge in [0.25, 0.3) is 0 Å². The number of benzene rings is 2. The quantitative estimate of drug-likeness (QED) is 0.811.